The Bertz CT molecular complexity index is 919. The van der Waals surface area contributed by atoms with Crippen LogP contribution in [0.25, 0.3) is 0 Å². The molecule has 0 radical (unpaired) electrons. The number of methoxy groups -OCH3 is 2. The Balaban J connectivity index is 1.96. The molecule has 7 heteroatoms. The van der Waals surface area contributed by atoms with Gasteiger partial charge in [-0.3, -0.25) is 9.69 Å². The minimum Gasteiger partial charge on any atom is -0.497 e. The maximum absolute atomic E-state index is 13.3. The van der Waals surface area contributed by atoms with Crippen LogP contribution in [0, 0.1) is 0 Å². The first kappa shape index (κ1) is 20.3. The van der Waals surface area contributed by atoms with Gasteiger partial charge in [-0.2, -0.15) is 0 Å². The summed E-state index contributed by atoms with van der Waals surface area (Å²) >= 11 is 0. The number of amides is 1. The highest BCUT2D eigenvalue weighted by molar-refractivity contribution is 6.16. The van der Waals surface area contributed by atoms with Gasteiger partial charge in [0.25, 0.3) is 5.91 Å². The number of nitrogens with zero attached hydrogens (tertiary/aromatic N) is 1. The van der Waals surface area contributed by atoms with Gasteiger partial charge in [0.1, 0.15) is 17.2 Å². The summed E-state index contributed by atoms with van der Waals surface area (Å²) in [6.45, 7) is 3.73. The maximum Gasteiger partial charge on any atom is 0.333 e. The number of hydrogen-bond acceptors (Lipinski definition) is 6. The van der Waals surface area contributed by atoms with E-state index in [1.54, 1.807) is 64.5 Å². The molecule has 3 rings (SSSR count). The van der Waals surface area contributed by atoms with Crippen molar-refractivity contribution >= 4 is 23.3 Å². The largest absolute Gasteiger partial charge is 0.497 e. The van der Waals surface area contributed by atoms with E-state index in [1.165, 1.54) is 4.90 Å². The van der Waals surface area contributed by atoms with E-state index in [2.05, 4.69) is 5.32 Å². The Morgan fingerprint density at radius 1 is 1.00 bits per heavy atom. The van der Waals surface area contributed by atoms with Crippen molar-refractivity contribution in [3.8, 4) is 11.5 Å². The van der Waals surface area contributed by atoms with E-state index in [0.717, 1.165) is 0 Å². The molecule has 0 aromatic heterocycles. The van der Waals surface area contributed by atoms with E-state index >= 15 is 0 Å². The molecule has 2 aromatic carbocycles. The van der Waals surface area contributed by atoms with Crippen LogP contribution in [0.3, 0.4) is 0 Å². The third kappa shape index (κ3) is 4.03. The number of carbonyl (C=O) groups excluding carboxylic acids is 2. The van der Waals surface area contributed by atoms with Crippen molar-refractivity contribution in [2.45, 2.75) is 19.9 Å². The summed E-state index contributed by atoms with van der Waals surface area (Å²) in [5.41, 5.74) is 2.25. The van der Waals surface area contributed by atoms with Gasteiger partial charge >= 0.3 is 5.97 Å². The Morgan fingerprint density at radius 2 is 1.55 bits per heavy atom. The van der Waals surface area contributed by atoms with Crippen LogP contribution < -0.4 is 19.7 Å². The zero-order chi connectivity index (χ0) is 21.0. The Labute approximate surface area is 169 Å². The average Bonchev–Trinajstić information content (AvgIpc) is 2.99. The van der Waals surface area contributed by atoms with Crippen LogP contribution in [0.15, 0.2) is 59.8 Å². The number of nitrogens with one attached hydrogen (secondary N) is 1. The Hall–Kier alpha value is -3.48. The lowest BCUT2D eigenvalue weighted by atomic mass is 10.1. The molecule has 152 valence electrons. The van der Waals surface area contributed by atoms with Gasteiger partial charge in [0.2, 0.25) is 0 Å². The van der Waals surface area contributed by atoms with Crippen molar-refractivity contribution in [2.24, 2.45) is 0 Å². The minimum absolute atomic E-state index is 0.231. The standard InChI is InChI=1S/C22H24N2O5/c1-5-29-22(26)20-14(2)19(23-15-6-10-17(27-3)11-7-15)21(25)24(20)16-8-12-18(28-4)13-9-16/h6-13,20,23H,5H2,1-4H3/t20-/m0/s1. The summed E-state index contributed by atoms with van der Waals surface area (Å²) in [7, 11) is 3.16. The van der Waals surface area contributed by atoms with Crippen molar-refractivity contribution in [1.82, 2.24) is 0 Å². The highest BCUT2D eigenvalue weighted by Crippen LogP contribution is 2.33. The van der Waals surface area contributed by atoms with Crippen molar-refractivity contribution in [1.29, 1.82) is 0 Å². The second-order valence-electron chi connectivity index (χ2n) is 6.44. The molecule has 0 unspecified atom stereocenters. The lowest BCUT2D eigenvalue weighted by molar-refractivity contribution is -0.144. The van der Waals surface area contributed by atoms with Crippen LogP contribution in [0.4, 0.5) is 11.4 Å². The second kappa shape index (κ2) is 8.68. The number of anilines is 2. The number of carbonyl (C=O) groups is 2. The van der Waals surface area contributed by atoms with Gasteiger partial charge in [0.05, 0.1) is 20.8 Å². The van der Waals surface area contributed by atoms with Gasteiger partial charge < -0.3 is 19.5 Å². The Morgan fingerprint density at radius 3 is 2.07 bits per heavy atom. The van der Waals surface area contributed by atoms with Crippen LogP contribution in [0.5, 0.6) is 11.5 Å². The molecule has 1 atom stereocenters. The van der Waals surface area contributed by atoms with Gasteiger partial charge in [-0.05, 0) is 68.0 Å². The molecule has 1 amide bonds. The van der Waals surface area contributed by atoms with Gasteiger partial charge in [0.15, 0.2) is 6.04 Å². The fourth-order valence-corrected chi connectivity index (χ4v) is 3.22. The molecule has 7 nitrogen and oxygen atoms in total. The molecular weight excluding hydrogens is 372 g/mol. The molecule has 0 bridgehead atoms. The molecule has 1 aliphatic heterocycles. The van der Waals surface area contributed by atoms with Crippen molar-refractivity contribution in [2.75, 3.05) is 31.0 Å². The molecule has 0 saturated carbocycles. The van der Waals surface area contributed by atoms with Crippen LogP contribution in [-0.2, 0) is 14.3 Å². The summed E-state index contributed by atoms with van der Waals surface area (Å²) in [5.74, 6) is 0.597. The predicted molar refractivity (Wildman–Crippen MR) is 110 cm³/mol. The second-order valence-corrected chi connectivity index (χ2v) is 6.44. The van der Waals surface area contributed by atoms with Crippen molar-refractivity contribution in [3.63, 3.8) is 0 Å². The zero-order valence-corrected chi connectivity index (χ0v) is 16.9. The first-order valence-corrected chi connectivity index (χ1v) is 9.26. The maximum atomic E-state index is 13.3. The summed E-state index contributed by atoms with van der Waals surface area (Å²) < 4.78 is 15.6. The van der Waals surface area contributed by atoms with Crippen LogP contribution in [0.2, 0.25) is 0 Å². The Kier molecular flexibility index (Phi) is 6.07. The zero-order valence-electron chi connectivity index (χ0n) is 16.9. The summed E-state index contributed by atoms with van der Waals surface area (Å²) in [4.78, 5) is 27.4. The fourth-order valence-electron chi connectivity index (χ4n) is 3.22. The highest BCUT2D eigenvalue weighted by atomic mass is 16.5. The molecule has 1 aliphatic rings. The van der Waals surface area contributed by atoms with Gasteiger partial charge in [-0.25, -0.2) is 4.79 Å². The van der Waals surface area contributed by atoms with Gasteiger partial charge in [-0.15, -0.1) is 0 Å². The number of ether oxygens (including phenoxy) is 3. The number of hydrogen-bond donors (Lipinski definition) is 1. The van der Waals surface area contributed by atoms with E-state index in [1.807, 2.05) is 12.1 Å². The van der Waals surface area contributed by atoms with Crippen molar-refractivity contribution in [3.05, 3.63) is 59.8 Å². The predicted octanol–water partition coefficient (Wildman–Crippen LogP) is 3.37. The summed E-state index contributed by atoms with van der Waals surface area (Å²) in [5, 5.41) is 3.14. The molecule has 1 heterocycles. The van der Waals surface area contributed by atoms with Crippen LogP contribution >= 0.6 is 0 Å². The van der Waals surface area contributed by atoms with E-state index in [9.17, 15) is 9.59 Å². The molecule has 1 N–H and O–H groups in total. The number of rotatable bonds is 7. The van der Waals surface area contributed by atoms with E-state index in [-0.39, 0.29) is 12.5 Å². The van der Waals surface area contributed by atoms with Crippen molar-refractivity contribution < 1.29 is 23.8 Å². The smallest absolute Gasteiger partial charge is 0.333 e. The first-order chi connectivity index (χ1) is 14.0. The topological polar surface area (TPSA) is 77.1 Å². The number of esters is 1. The normalized spacial score (nSPS) is 16.1. The average molecular weight is 396 g/mol. The first-order valence-electron chi connectivity index (χ1n) is 9.26. The van der Waals surface area contributed by atoms with E-state index in [4.69, 9.17) is 14.2 Å². The third-order valence-corrected chi connectivity index (χ3v) is 4.72. The van der Waals surface area contributed by atoms with Crippen LogP contribution in [0.1, 0.15) is 13.8 Å². The minimum atomic E-state index is -0.836. The van der Waals surface area contributed by atoms with Crippen LogP contribution in [-0.4, -0.2) is 38.7 Å². The molecule has 0 saturated heterocycles. The molecule has 0 spiro atoms. The molecule has 2 aromatic rings. The lowest BCUT2D eigenvalue weighted by Crippen LogP contribution is -2.42. The van der Waals surface area contributed by atoms with Gasteiger partial charge in [-0.1, -0.05) is 0 Å². The molecular formula is C22H24N2O5. The monoisotopic (exact) mass is 396 g/mol. The third-order valence-electron chi connectivity index (χ3n) is 4.72. The van der Waals surface area contributed by atoms with E-state index in [0.29, 0.717) is 34.1 Å². The highest BCUT2D eigenvalue weighted by Gasteiger charge is 2.43. The van der Waals surface area contributed by atoms with E-state index < -0.39 is 12.0 Å². The summed E-state index contributed by atoms with van der Waals surface area (Å²) in [6, 6.07) is 13.3. The lowest BCUT2D eigenvalue weighted by Gasteiger charge is -2.24. The molecule has 0 fully saturated rings. The fraction of sp³-hybridized carbons (Fsp3) is 0.273. The quantitative estimate of drug-likeness (QED) is 0.723. The number of benzene rings is 2. The molecule has 29 heavy (non-hydrogen) atoms. The summed E-state index contributed by atoms with van der Waals surface area (Å²) in [6.07, 6.45) is 0. The molecule has 0 aliphatic carbocycles. The SMILES string of the molecule is CCOC(=O)[C@@H]1C(C)=C(Nc2ccc(OC)cc2)C(=O)N1c1ccc(OC)cc1. The van der Waals surface area contributed by atoms with Gasteiger partial charge in [0, 0.05) is 11.4 Å².